The van der Waals surface area contributed by atoms with Gasteiger partial charge in [0.1, 0.15) is 37.2 Å². The van der Waals surface area contributed by atoms with Gasteiger partial charge in [-0.2, -0.15) is 0 Å². The fraction of sp³-hybridized carbons (Fsp3) is 0.783. The Morgan fingerprint density at radius 2 is 0.578 bits per heavy atom. The second kappa shape index (κ2) is 80.3. The Kier molecular flexibility index (Phi) is 77.7. The van der Waals surface area contributed by atoms with Crippen LogP contribution in [-0.2, 0) is 65.4 Å². The Morgan fingerprint density at radius 3 is 0.931 bits per heavy atom. The summed E-state index contributed by atoms with van der Waals surface area (Å²) in [6.45, 7) is 1.26. The lowest BCUT2D eigenvalue weighted by Crippen LogP contribution is -2.29. The third-order valence-corrected chi connectivity index (χ3v) is 19.2. The van der Waals surface area contributed by atoms with Gasteiger partial charge in [0.2, 0.25) is 0 Å². The second-order valence-electron chi connectivity index (χ2n) is 27.2. The van der Waals surface area contributed by atoms with Gasteiger partial charge >= 0.3 is 21.6 Å². The number of esters is 1. The van der Waals surface area contributed by atoms with E-state index in [1.54, 1.807) is 0 Å². The normalized spacial score (nSPS) is 14.4. The van der Waals surface area contributed by atoms with Crippen LogP contribution in [0.4, 0.5) is 0 Å². The van der Waals surface area contributed by atoms with Crippen molar-refractivity contribution in [1.29, 1.82) is 0 Å². The van der Waals surface area contributed by atoms with Crippen LogP contribution in [0.2, 0.25) is 0 Å². The van der Waals surface area contributed by atoms with Crippen molar-refractivity contribution >= 4 is 40.5 Å². The van der Waals surface area contributed by atoms with Gasteiger partial charge in [-0.1, -0.05) is 240 Å². The molecule has 0 heterocycles. The van der Waals surface area contributed by atoms with Crippen LogP contribution < -0.4 is 0 Å². The highest BCUT2D eigenvalue weighted by atomic mass is 31.2. The van der Waals surface area contributed by atoms with E-state index in [1.165, 1.54) is 122 Å². The molecule has 0 spiro atoms. The average Bonchev–Trinajstić information content (AvgIpc) is 0.936. The monoisotopic (exact) mass is 1480 g/mol. The number of allylic oxidation sites excluding steroid dienone is 14. The molecule has 102 heavy (non-hydrogen) atoms. The van der Waals surface area contributed by atoms with Gasteiger partial charge in [0.25, 0.3) is 0 Å². The SMILES string of the molecule is CCCCC/C=C\C/C=C\C/C=C\C/C=C\CCCC(=O)O[C@H](COCCCCCCCCC/C=C\CCCCCCC=O)COP(=O)(O)OC[C@@H](O)COP(=O)(O)OC[C@@H](COCCCCCCCCC/C=C\CCCCCCC=O)OCCCCCCCCC/C=C\CCCCCCC=O. The van der Waals surface area contributed by atoms with Gasteiger partial charge in [-0.3, -0.25) is 22.9 Å². The molecule has 0 aliphatic rings. The zero-order chi connectivity index (χ0) is 74.1. The van der Waals surface area contributed by atoms with Gasteiger partial charge in [-0.15, -0.1) is 0 Å². The van der Waals surface area contributed by atoms with E-state index in [2.05, 4.69) is 85.9 Å². The number of aliphatic hydroxyl groups is 1. The smallest absolute Gasteiger partial charge is 0.457 e. The Morgan fingerprint density at radius 1 is 0.314 bits per heavy atom. The topological polar surface area (TPSA) is 237 Å². The van der Waals surface area contributed by atoms with Crippen molar-refractivity contribution in [2.45, 2.75) is 359 Å². The molecule has 0 aromatic heterocycles. The number of phosphoric acid groups is 2. The van der Waals surface area contributed by atoms with Crippen LogP contribution in [0.3, 0.4) is 0 Å². The zero-order valence-electron chi connectivity index (χ0n) is 64.1. The average molecular weight is 1480 g/mol. The molecule has 0 fully saturated rings. The number of carbonyl (C=O) groups is 4. The van der Waals surface area contributed by atoms with Gasteiger partial charge in [-0.25, -0.2) is 9.13 Å². The molecule has 0 bridgehead atoms. The first-order valence-electron chi connectivity index (χ1n) is 40.7. The summed E-state index contributed by atoms with van der Waals surface area (Å²) in [5.74, 6) is -0.503. The zero-order valence-corrected chi connectivity index (χ0v) is 65.9. The molecule has 19 heteroatoms. The molecule has 0 aliphatic carbocycles. The maximum atomic E-state index is 13.1. The summed E-state index contributed by atoms with van der Waals surface area (Å²) in [7, 11) is -9.59. The fourth-order valence-corrected chi connectivity index (χ4v) is 12.7. The lowest BCUT2D eigenvalue weighted by Gasteiger charge is -2.21. The minimum atomic E-state index is -4.84. The fourth-order valence-electron chi connectivity index (χ4n) is 11.1. The molecule has 0 amide bonds. The van der Waals surface area contributed by atoms with Crippen LogP contribution in [0.5, 0.6) is 0 Å². The number of unbranched alkanes of at least 4 members (excludes halogenated alkanes) is 40. The predicted octanol–water partition coefficient (Wildman–Crippen LogP) is 22.7. The predicted molar refractivity (Wildman–Crippen MR) is 419 cm³/mol. The highest BCUT2D eigenvalue weighted by Crippen LogP contribution is 2.45. The van der Waals surface area contributed by atoms with Crippen molar-refractivity contribution in [1.82, 2.24) is 0 Å². The Balaban J connectivity index is 5.19. The number of phosphoric ester groups is 2. The Hall–Kier alpha value is -3.28. The van der Waals surface area contributed by atoms with E-state index in [4.69, 9.17) is 37.0 Å². The lowest BCUT2D eigenvalue weighted by molar-refractivity contribution is -0.154. The minimum Gasteiger partial charge on any atom is -0.457 e. The van der Waals surface area contributed by atoms with Gasteiger partial charge in [0.15, 0.2) is 0 Å². The third kappa shape index (κ3) is 79.3. The van der Waals surface area contributed by atoms with Crippen LogP contribution in [-0.4, -0.2) is 117 Å². The number of hydrogen-bond acceptors (Lipinski definition) is 15. The van der Waals surface area contributed by atoms with E-state index in [1.807, 2.05) is 6.08 Å². The van der Waals surface area contributed by atoms with E-state index in [9.17, 15) is 43.2 Å². The van der Waals surface area contributed by atoms with Crippen molar-refractivity contribution in [3.8, 4) is 0 Å². The van der Waals surface area contributed by atoms with Crippen LogP contribution in [0.1, 0.15) is 341 Å². The van der Waals surface area contributed by atoms with E-state index in [-0.39, 0.29) is 26.2 Å². The number of rotatable bonds is 83. The van der Waals surface area contributed by atoms with Gasteiger partial charge in [0, 0.05) is 45.5 Å². The van der Waals surface area contributed by atoms with Gasteiger partial charge in [-0.05, 0) is 161 Å². The molecule has 0 radical (unpaired) electrons. The maximum absolute atomic E-state index is 13.1. The summed E-state index contributed by atoms with van der Waals surface area (Å²) in [6.07, 6.45) is 84.5. The number of aliphatic hydroxyl groups excluding tert-OH is 1. The highest BCUT2D eigenvalue weighted by molar-refractivity contribution is 7.47. The maximum Gasteiger partial charge on any atom is 0.472 e. The minimum absolute atomic E-state index is 0.0718. The van der Waals surface area contributed by atoms with E-state index >= 15 is 0 Å². The van der Waals surface area contributed by atoms with Gasteiger partial charge < -0.3 is 48.2 Å². The molecule has 0 saturated carbocycles. The summed E-state index contributed by atoms with van der Waals surface area (Å²) in [6, 6.07) is 0. The largest absolute Gasteiger partial charge is 0.472 e. The molecule has 0 rings (SSSR count). The summed E-state index contributed by atoms with van der Waals surface area (Å²) in [4.78, 5) is 65.7. The van der Waals surface area contributed by atoms with Crippen molar-refractivity contribution < 1.29 is 80.2 Å². The molecular formula is C83H148O17P2. The molecule has 0 aromatic carbocycles. The molecule has 0 saturated heterocycles. The molecule has 17 nitrogen and oxygen atoms in total. The molecule has 0 aromatic rings. The first kappa shape index (κ1) is 98.7. The molecule has 0 aliphatic heterocycles. The van der Waals surface area contributed by atoms with Crippen molar-refractivity contribution in [3.05, 3.63) is 85.1 Å². The summed E-state index contributed by atoms with van der Waals surface area (Å²) >= 11 is 0. The van der Waals surface area contributed by atoms with Crippen molar-refractivity contribution in [2.24, 2.45) is 0 Å². The molecule has 2 unspecified atom stereocenters. The Bertz CT molecular complexity index is 2160. The van der Waals surface area contributed by atoms with Crippen LogP contribution in [0.15, 0.2) is 85.1 Å². The van der Waals surface area contributed by atoms with E-state index in [0.717, 1.165) is 192 Å². The Labute approximate surface area is 621 Å². The van der Waals surface area contributed by atoms with Crippen LogP contribution >= 0.6 is 15.6 Å². The highest BCUT2D eigenvalue weighted by Gasteiger charge is 2.29. The molecule has 592 valence electrons. The first-order valence-corrected chi connectivity index (χ1v) is 43.7. The third-order valence-electron chi connectivity index (χ3n) is 17.3. The van der Waals surface area contributed by atoms with Gasteiger partial charge in [0.05, 0.1) is 39.6 Å². The van der Waals surface area contributed by atoms with E-state index < -0.39 is 59.7 Å². The number of carbonyl (C=O) groups excluding carboxylic acids is 4. The standard InChI is InChI=1S/C83H148O17P2/c1-2-3-4-5-6-7-8-9-10-11-18-25-32-39-46-53-60-67-83(88)100-82(77-94-72-65-58-51-44-37-30-23-16-13-20-27-34-41-48-55-62-69-85)79-99-102(91,92)97-75-80(87)74-96-101(89,90)98-78-81(95-73-66-59-52-45-38-31-24-17-14-21-28-35-42-49-56-63-70-86)76-93-71-64-57-50-43-36-29-22-15-12-19-26-33-40-47-54-61-68-84/h6-7,9-10,12-14,18-21,25,39,46,68-70,80-82,87H,2-5,8,11,15-17,22-24,26-38,40-45,47-67,71-79H2,1H3,(H,89,90)(H,91,92)/b7-6-,10-9-,19-12-,20-13-,21-14-,25-18-,46-39-/t80-,81+,82+/m0/s1. The lowest BCUT2D eigenvalue weighted by atomic mass is 10.1. The summed E-state index contributed by atoms with van der Waals surface area (Å²) in [5, 5.41) is 10.7. The second-order valence-corrected chi connectivity index (χ2v) is 30.1. The summed E-state index contributed by atoms with van der Waals surface area (Å²) < 4.78 is 70.7. The van der Waals surface area contributed by atoms with Crippen LogP contribution in [0.25, 0.3) is 0 Å². The molecular weight excluding hydrogens is 1330 g/mol. The molecule has 5 atom stereocenters. The van der Waals surface area contributed by atoms with Crippen molar-refractivity contribution in [2.75, 3.05) is 59.5 Å². The molecule has 3 N–H and O–H groups in total. The summed E-state index contributed by atoms with van der Waals surface area (Å²) in [5.41, 5.74) is 0. The number of hydrogen-bond donors (Lipinski definition) is 3. The van der Waals surface area contributed by atoms with Crippen LogP contribution in [0, 0.1) is 0 Å². The first-order chi connectivity index (χ1) is 50.0. The number of ether oxygens (including phenoxy) is 4. The van der Waals surface area contributed by atoms with E-state index in [0.29, 0.717) is 51.9 Å². The number of aldehydes is 3. The van der Waals surface area contributed by atoms with Crippen molar-refractivity contribution in [3.63, 3.8) is 0 Å². The quantitative estimate of drug-likeness (QED) is 0.0169.